The van der Waals surface area contributed by atoms with Crippen molar-refractivity contribution in [3.63, 3.8) is 0 Å². The first-order chi connectivity index (χ1) is 16.5. The van der Waals surface area contributed by atoms with Crippen molar-refractivity contribution in [2.24, 2.45) is 7.05 Å². The second-order valence-corrected chi connectivity index (χ2v) is 8.55. The topological polar surface area (TPSA) is 81.1 Å². The van der Waals surface area contributed by atoms with Crippen LogP contribution >= 0.6 is 0 Å². The lowest BCUT2D eigenvalue weighted by Gasteiger charge is -2.13. The second kappa shape index (κ2) is 9.13. The lowest BCUT2D eigenvalue weighted by atomic mass is 9.96. The first-order valence-electron chi connectivity index (χ1n) is 11.4. The number of carbonyl (C=O) groups excluding carboxylic acids is 1. The number of aryl methyl sites for hydroxylation is 1. The molecule has 178 valence electrons. The molecule has 1 amide bonds. The smallest absolute Gasteiger partial charge is 0.269 e. The van der Waals surface area contributed by atoms with Crippen LogP contribution in [0.2, 0.25) is 0 Å². The van der Waals surface area contributed by atoms with E-state index in [1.807, 2.05) is 35.9 Å². The molecule has 34 heavy (non-hydrogen) atoms. The van der Waals surface area contributed by atoms with Gasteiger partial charge in [0, 0.05) is 41.0 Å². The van der Waals surface area contributed by atoms with Crippen molar-refractivity contribution >= 4 is 28.6 Å². The molecule has 0 spiro atoms. The number of ether oxygens (including phenoxy) is 1. The van der Waals surface area contributed by atoms with Crippen LogP contribution in [0.5, 0.6) is 11.5 Å². The molecule has 4 aromatic rings. The molecule has 2 N–H and O–H groups in total. The van der Waals surface area contributed by atoms with Crippen molar-refractivity contribution in [2.45, 2.75) is 31.6 Å². The summed E-state index contributed by atoms with van der Waals surface area (Å²) in [5, 5.41) is 5.89. The van der Waals surface area contributed by atoms with Crippen molar-refractivity contribution in [3.8, 4) is 11.5 Å². The van der Waals surface area contributed by atoms with Gasteiger partial charge in [-0.3, -0.25) is 9.78 Å². The van der Waals surface area contributed by atoms with Gasteiger partial charge in [-0.25, -0.2) is 9.37 Å². The summed E-state index contributed by atoms with van der Waals surface area (Å²) in [5.41, 5.74) is 3.55. The third-order valence-corrected chi connectivity index (χ3v) is 6.33. The van der Waals surface area contributed by atoms with Gasteiger partial charge in [0.2, 0.25) is 5.95 Å². The second-order valence-electron chi connectivity index (χ2n) is 8.55. The summed E-state index contributed by atoms with van der Waals surface area (Å²) in [7, 11) is 3.48. The SMILES string of the molecule is CNC(=O)c1cc(Oc2ccc3c(c2)nc(Nc2ccc(F)c(C4CCCC4)c2)n3C)ccn1.[HH].[HH]. The highest BCUT2D eigenvalue weighted by Crippen LogP contribution is 2.37. The Kier molecular flexibility index (Phi) is 5.88. The third-order valence-electron chi connectivity index (χ3n) is 6.33. The molecule has 2 heterocycles. The molecule has 0 aliphatic heterocycles. The quantitative estimate of drug-likeness (QED) is 0.358. The van der Waals surface area contributed by atoms with Crippen molar-refractivity contribution in [3.05, 3.63) is 71.8 Å². The minimum Gasteiger partial charge on any atom is -0.457 e. The summed E-state index contributed by atoms with van der Waals surface area (Å²) in [5.74, 6) is 1.63. The van der Waals surface area contributed by atoms with Gasteiger partial charge in [-0.15, -0.1) is 0 Å². The summed E-state index contributed by atoms with van der Waals surface area (Å²) in [4.78, 5) is 20.6. The van der Waals surface area contributed by atoms with Crippen molar-refractivity contribution < 1.29 is 16.8 Å². The van der Waals surface area contributed by atoms with Gasteiger partial charge in [0.1, 0.15) is 23.0 Å². The van der Waals surface area contributed by atoms with Gasteiger partial charge in [0.15, 0.2) is 0 Å². The molecule has 5 rings (SSSR count). The van der Waals surface area contributed by atoms with Gasteiger partial charge in [-0.05, 0) is 60.7 Å². The Morgan fingerprint density at radius 2 is 1.91 bits per heavy atom. The fourth-order valence-corrected chi connectivity index (χ4v) is 4.52. The molecule has 8 heteroatoms. The Labute approximate surface area is 200 Å². The number of hydrogen-bond acceptors (Lipinski definition) is 5. The predicted octanol–water partition coefficient (Wildman–Crippen LogP) is 6.15. The molecule has 1 aliphatic carbocycles. The molecular formula is C26H30FN5O2. The van der Waals surface area contributed by atoms with Crippen molar-refractivity contribution in [2.75, 3.05) is 12.4 Å². The van der Waals surface area contributed by atoms with Crippen LogP contribution in [0.4, 0.5) is 16.0 Å². The molecule has 2 aromatic heterocycles. The van der Waals surface area contributed by atoms with E-state index in [9.17, 15) is 9.18 Å². The molecule has 0 unspecified atom stereocenters. The van der Waals surface area contributed by atoms with E-state index in [1.54, 1.807) is 25.2 Å². The number of hydrogen-bond donors (Lipinski definition) is 2. The summed E-state index contributed by atoms with van der Waals surface area (Å²) < 4.78 is 22.3. The van der Waals surface area contributed by atoms with Gasteiger partial charge >= 0.3 is 0 Å². The van der Waals surface area contributed by atoms with Crippen LogP contribution in [-0.2, 0) is 7.05 Å². The van der Waals surface area contributed by atoms with E-state index in [2.05, 4.69) is 15.6 Å². The Hall–Kier alpha value is -3.94. The predicted molar refractivity (Wildman–Crippen MR) is 134 cm³/mol. The van der Waals surface area contributed by atoms with Gasteiger partial charge in [0.25, 0.3) is 5.91 Å². The molecule has 7 nitrogen and oxygen atoms in total. The Bertz CT molecular complexity index is 1370. The zero-order valence-electron chi connectivity index (χ0n) is 19.1. The molecule has 0 radical (unpaired) electrons. The molecule has 1 saturated carbocycles. The van der Waals surface area contributed by atoms with E-state index < -0.39 is 0 Å². The Balaban J connectivity index is 0.00000180. The van der Waals surface area contributed by atoms with Crippen LogP contribution in [0.1, 0.15) is 50.5 Å². The molecule has 0 atom stereocenters. The number of fused-ring (bicyclic) bond motifs is 1. The number of imidazole rings is 1. The van der Waals surface area contributed by atoms with Gasteiger partial charge in [-0.2, -0.15) is 0 Å². The first kappa shape index (κ1) is 21.9. The molecule has 2 aromatic carbocycles. The largest absolute Gasteiger partial charge is 0.457 e. The van der Waals surface area contributed by atoms with Gasteiger partial charge in [0.05, 0.1) is 11.0 Å². The molecule has 1 aliphatic rings. The number of carbonyl (C=O) groups is 1. The minimum atomic E-state index is -0.279. The monoisotopic (exact) mass is 463 g/mol. The average molecular weight is 464 g/mol. The summed E-state index contributed by atoms with van der Waals surface area (Å²) in [6.45, 7) is 0. The highest BCUT2D eigenvalue weighted by atomic mass is 19.1. The highest BCUT2D eigenvalue weighted by Gasteiger charge is 2.21. The highest BCUT2D eigenvalue weighted by molar-refractivity contribution is 5.92. The summed E-state index contributed by atoms with van der Waals surface area (Å²) in [6.07, 6.45) is 5.92. The Morgan fingerprint density at radius 1 is 1.12 bits per heavy atom. The minimum absolute atomic E-state index is 0. The zero-order chi connectivity index (χ0) is 23.7. The summed E-state index contributed by atoms with van der Waals surface area (Å²) in [6, 6.07) is 14.1. The van der Waals surface area contributed by atoms with Crippen LogP contribution in [0, 0.1) is 5.82 Å². The summed E-state index contributed by atoms with van der Waals surface area (Å²) >= 11 is 0. The lowest BCUT2D eigenvalue weighted by Crippen LogP contribution is -2.18. The molecule has 1 fully saturated rings. The number of benzene rings is 2. The number of amides is 1. The first-order valence-corrected chi connectivity index (χ1v) is 11.4. The number of halogens is 1. The fourth-order valence-electron chi connectivity index (χ4n) is 4.52. The van der Waals surface area contributed by atoms with Crippen molar-refractivity contribution in [1.82, 2.24) is 19.9 Å². The number of nitrogens with one attached hydrogen (secondary N) is 2. The normalized spacial score (nSPS) is 13.9. The van der Waals surface area contributed by atoms with Crippen LogP contribution in [-0.4, -0.2) is 27.5 Å². The van der Waals surface area contributed by atoms with E-state index in [-0.39, 0.29) is 20.3 Å². The van der Waals surface area contributed by atoms with E-state index >= 15 is 0 Å². The van der Waals surface area contributed by atoms with E-state index in [4.69, 9.17) is 9.72 Å². The number of pyridine rings is 1. The van der Waals surface area contributed by atoms with Gasteiger partial charge in [-0.1, -0.05) is 12.8 Å². The maximum absolute atomic E-state index is 14.4. The van der Waals surface area contributed by atoms with Crippen molar-refractivity contribution in [1.29, 1.82) is 0 Å². The molecule has 0 bridgehead atoms. The maximum atomic E-state index is 14.4. The van der Waals surface area contributed by atoms with Crippen LogP contribution < -0.4 is 15.4 Å². The van der Waals surface area contributed by atoms with Crippen LogP contribution in [0.25, 0.3) is 11.0 Å². The third kappa shape index (κ3) is 4.31. The van der Waals surface area contributed by atoms with E-state index in [0.29, 0.717) is 23.4 Å². The van der Waals surface area contributed by atoms with Crippen LogP contribution in [0.3, 0.4) is 0 Å². The molecule has 0 saturated heterocycles. The standard InChI is InChI=1S/C26H26FN5O2.2H2/c1-28-25(33)23-15-19(11-12-29-23)34-18-8-10-24-22(14-18)31-26(32(24)2)30-17-7-9-21(27)20(13-17)16-5-3-4-6-16;;/h7-16H,3-6H2,1-2H3,(H,28,33)(H,30,31);2*1H. The van der Waals surface area contributed by atoms with Crippen LogP contribution in [0.15, 0.2) is 54.7 Å². The number of aromatic nitrogens is 3. The van der Waals surface area contributed by atoms with Gasteiger partial charge < -0.3 is 19.9 Å². The fraction of sp³-hybridized carbons (Fsp3) is 0.269. The average Bonchev–Trinajstić information content (AvgIpc) is 3.48. The maximum Gasteiger partial charge on any atom is 0.269 e. The van der Waals surface area contributed by atoms with E-state index in [0.717, 1.165) is 48.0 Å². The van der Waals surface area contributed by atoms with E-state index in [1.165, 1.54) is 12.3 Å². The molecular weight excluding hydrogens is 433 g/mol. The number of rotatable bonds is 6. The lowest BCUT2D eigenvalue weighted by molar-refractivity contribution is 0.0958. The Morgan fingerprint density at radius 3 is 2.71 bits per heavy atom. The number of nitrogens with zero attached hydrogens (tertiary/aromatic N) is 3. The zero-order valence-corrected chi connectivity index (χ0v) is 19.1. The number of anilines is 2.